The molecule has 0 aliphatic carbocycles. The number of halogens is 2. The molecule has 4 nitrogen and oxygen atoms in total. The van der Waals surface area contributed by atoms with E-state index in [1.165, 1.54) is 5.01 Å². The Labute approximate surface area is 141 Å². The van der Waals surface area contributed by atoms with Crippen LogP contribution >= 0.6 is 23.2 Å². The summed E-state index contributed by atoms with van der Waals surface area (Å²) in [5.74, 6) is 0. The first kappa shape index (κ1) is 18.7. The molecule has 1 aromatic carbocycles. The molecule has 0 aliphatic heterocycles. The molecule has 0 fully saturated rings. The topological polar surface area (TPSA) is 59.7 Å². The van der Waals surface area contributed by atoms with Crippen molar-refractivity contribution < 1.29 is 5.11 Å². The summed E-state index contributed by atoms with van der Waals surface area (Å²) in [5, 5.41) is 24.6. The smallest absolute Gasteiger partial charge is 0.108 e. The summed E-state index contributed by atoms with van der Waals surface area (Å²) >= 11 is 12.1. The predicted octanol–water partition coefficient (Wildman–Crippen LogP) is 4.66. The van der Waals surface area contributed by atoms with Crippen molar-refractivity contribution in [2.75, 3.05) is 0 Å². The summed E-state index contributed by atoms with van der Waals surface area (Å²) in [7, 11) is 0. The van der Waals surface area contributed by atoms with Crippen molar-refractivity contribution in [3.8, 4) is 0 Å². The van der Waals surface area contributed by atoms with Crippen molar-refractivity contribution in [1.82, 2.24) is 5.01 Å². The number of nitrogens with one attached hydrogen (secondary N) is 1. The van der Waals surface area contributed by atoms with Gasteiger partial charge in [-0.1, -0.05) is 50.0 Å². The minimum atomic E-state index is -0.829. The molecule has 0 amide bonds. The van der Waals surface area contributed by atoms with Crippen LogP contribution in [0.3, 0.4) is 0 Å². The number of nitrogens with zero attached hydrogens (tertiary/aromatic N) is 2. The minimum Gasteiger partial charge on any atom is -0.386 e. The summed E-state index contributed by atoms with van der Waals surface area (Å²) in [5.41, 5.74) is 0.738. The lowest BCUT2D eigenvalue weighted by atomic mass is 9.86. The van der Waals surface area contributed by atoms with E-state index in [2.05, 4.69) is 5.10 Å². The molecule has 0 bridgehead atoms. The lowest BCUT2D eigenvalue weighted by Crippen LogP contribution is -2.34. The monoisotopic (exact) mass is 341 g/mol. The van der Waals surface area contributed by atoms with Crippen molar-refractivity contribution in [3.05, 3.63) is 39.5 Å². The number of rotatable bonds is 5. The quantitative estimate of drug-likeness (QED) is 0.465. The largest absolute Gasteiger partial charge is 0.386 e. The van der Waals surface area contributed by atoms with Crippen LogP contribution in [0.1, 0.15) is 33.3 Å². The maximum atomic E-state index is 10.6. The van der Waals surface area contributed by atoms with Crippen molar-refractivity contribution in [3.63, 3.8) is 0 Å². The first-order valence-electron chi connectivity index (χ1n) is 6.83. The summed E-state index contributed by atoms with van der Waals surface area (Å²) in [6.45, 7) is 7.47. The normalized spacial score (nSPS) is 14.2. The highest BCUT2D eigenvalue weighted by atomic mass is 35.5. The molecule has 0 saturated carbocycles. The van der Waals surface area contributed by atoms with Gasteiger partial charge in [-0.15, -0.1) is 0 Å². The second-order valence-electron chi connectivity index (χ2n) is 5.85. The van der Waals surface area contributed by atoms with Gasteiger partial charge in [0.05, 0.1) is 5.70 Å². The van der Waals surface area contributed by atoms with Crippen molar-refractivity contribution in [2.45, 2.75) is 33.8 Å². The van der Waals surface area contributed by atoms with Crippen LogP contribution in [-0.2, 0) is 0 Å². The summed E-state index contributed by atoms with van der Waals surface area (Å²) in [6.07, 6.45) is 3.49. The van der Waals surface area contributed by atoms with Crippen LogP contribution in [0, 0.1) is 10.8 Å². The summed E-state index contributed by atoms with van der Waals surface area (Å²) in [4.78, 5) is 0. The van der Waals surface area contributed by atoms with E-state index in [1.54, 1.807) is 37.4 Å². The molecule has 6 heteroatoms. The Bertz CT molecular complexity index is 592. The first-order chi connectivity index (χ1) is 10.2. The van der Waals surface area contributed by atoms with Gasteiger partial charge in [-0.3, -0.25) is 5.41 Å². The van der Waals surface area contributed by atoms with Crippen LogP contribution in [0.15, 0.2) is 29.0 Å². The fourth-order valence-electron chi connectivity index (χ4n) is 1.79. The lowest BCUT2D eigenvalue weighted by Gasteiger charge is -2.31. The Morgan fingerprint density at radius 1 is 1.36 bits per heavy atom. The molecule has 0 radical (unpaired) electrons. The van der Waals surface area contributed by atoms with Crippen molar-refractivity contribution >= 4 is 41.8 Å². The Morgan fingerprint density at radius 3 is 2.45 bits per heavy atom. The Hall–Kier alpha value is -1.36. The molecule has 1 unspecified atom stereocenters. The van der Waals surface area contributed by atoms with Gasteiger partial charge < -0.3 is 5.11 Å². The van der Waals surface area contributed by atoms with E-state index in [1.807, 2.05) is 20.8 Å². The number of benzene rings is 1. The van der Waals surface area contributed by atoms with Gasteiger partial charge in [0.2, 0.25) is 0 Å². The van der Waals surface area contributed by atoms with Gasteiger partial charge in [0.25, 0.3) is 0 Å². The van der Waals surface area contributed by atoms with Gasteiger partial charge in [0.1, 0.15) is 12.4 Å². The fourth-order valence-corrected chi connectivity index (χ4v) is 2.25. The highest BCUT2D eigenvalue weighted by Crippen LogP contribution is 2.30. The molecule has 1 rings (SSSR count). The molecule has 2 N–H and O–H groups in total. The van der Waals surface area contributed by atoms with Gasteiger partial charge >= 0.3 is 0 Å². The first-order valence-corrected chi connectivity index (χ1v) is 7.59. The Morgan fingerprint density at radius 2 is 2.00 bits per heavy atom. The molecule has 1 atom stereocenters. The second kappa shape index (κ2) is 7.77. The molecular formula is C16H21Cl2N3O. The zero-order chi connectivity index (χ0) is 16.9. The van der Waals surface area contributed by atoms with Gasteiger partial charge in [-0.2, -0.15) is 5.10 Å². The lowest BCUT2D eigenvalue weighted by molar-refractivity contribution is 0.0789. The third kappa shape index (κ3) is 4.83. The highest BCUT2D eigenvalue weighted by molar-refractivity contribution is 6.35. The zero-order valence-corrected chi connectivity index (χ0v) is 14.7. The van der Waals surface area contributed by atoms with E-state index < -0.39 is 11.5 Å². The average Bonchev–Trinajstić information content (AvgIpc) is 2.43. The molecule has 22 heavy (non-hydrogen) atoms. The van der Waals surface area contributed by atoms with Gasteiger partial charge in [0.15, 0.2) is 0 Å². The number of hydrogen-bond donors (Lipinski definition) is 2. The van der Waals surface area contributed by atoms with E-state index in [9.17, 15) is 5.11 Å². The van der Waals surface area contributed by atoms with Crippen LogP contribution < -0.4 is 0 Å². The molecule has 0 aromatic heterocycles. The van der Waals surface area contributed by atoms with E-state index in [0.29, 0.717) is 21.3 Å². The fraction of sp³-hybridized carbons (Fsp3) is 0.375. The number of aliphatic hydroxyl groups excluding tert-OH is 1. The van der Waals surface area contributed by atoms with Crippen LogP contribution in [0.5, 0.6) is 0 Å². The molecule has 120 valence electrons. The van der Waals surface area contributed by atoms with Crippen LogP contribution in [0.4, 0.5) is 0 Å². The molecule has 0 saturated heterocycles. The molecule has 0 spiro atoms. The number of hydrazone groups is 1. The van der Waals surface area contributed by atoms with E-state index in [4.69, 9.17) is 28.6 Å². The van der Waals surface area contributed by atoms with Crippen molar-refractivity contribution in [1.29, 1.82) is 5.41 Å². The van der Waals surface area contributed by atoms with E-state index in [0.717, 1.165) is 6.34 Å². The van der Waals surface area contributed by atoms with Gasteiger partial charge in [0, 0.05) is 16.3 Å². The molecule has 1 aromatic rings. The SMILES string of the molecule is C/C=N\N(C=N)/C(=C/c1ccc(Cl)cc1Cl)C(O)C(C)(C)C. The third-order valence-electron chi connectivity index (χ3n) is 2.99. The second-order valence-corrected chi connectivity index (χ2v) is 6.69. The van der Waals surface area contributed by atoms with E-state index in [-0.39, 0.29) is 0 Å². The molecule has 0 aliphatic rings. The van der Waals surface area contributed by atoms with Crippen molar-refractivity contribution in [2.24, 2.45) is 10.5 Å². The third-order valence-corrected chi connectivity index (χ3v) is 3.56. The Balaban J connectivity index is 3.41. The highest BCUT2D eigenvalue weighted by Gasteiger charge is 2.29. The summed E-state index contributed by atoms with van der Waals surface area (Å²) < 4.78 is 0. The maximum absolute atomic E-state index is 10.6. The predicted molar refractivity (Wildman–Crippen MR) is 94.7 cm³/mol. The van der Waals surface area contributed by atoms with E-state index >= 15 is 0 Å². The zero-order valence-electron chi connectivity index (χ0n) is 13.1. The molecule has 0 heterocycles. The molecular weight excluding hydrogens is 321 g/mol. The minimum absolute atomic E-state index is 0.421. The average molecular weight is 342 g/mol. The Kier molecular flexibility index (Phi) is 6.60. The number of aliphatic hydroxyl groups is 1. The van der Waals surface area contributed by atoms with Crippen LogP contribution in [0.2, 0.25) is 10.0 Å². The van der Waals surface area contributed by atoms with Crippen LogP contribution in [0.25, 0.3) is 6.08 Å². The van der Waals surface area contributed by atoms with Crippen LogP contribution in [-0.4, -0.2) is 28.8 Å². The van der Waals surface area contributed by atoms with Gasteiger partial charge in [-0.05, 0) is 36.1 Å². The summed E-state index contributed by atoms with van der Waals surface area (Å²) in [6, 6.07) is 5.11. The van der Waals surface area contributed by atoms with Gasteiger partial charge in [-0.25, -0.2) is 5.01 Å². The standard InChI is InChI=1S/C16H21Cl2N3O/c1-5-20-21(10-19)14(15(22)16(2,3)4)8-11-6-7-12(17)9-13(11)18/h5-10,15,19,22H,1-4H3/b14-8+,19-10?,20-5-. The maximum Gasteiger partial charge on any atom is 0.108 e. The number of hydrogen-bond acceptors (Lipinski definition) is 3.